The molecule has 0 radical (unpaired) electrons. The molecule has 4 aromatic rings. The smallest absolute Gasteiger partial charge is 0.297 e. The first-order valence-corrected chi connectivity index (χ1v) is 11.2. The lowest BCUT2D eigenvalue weighted by Crippen LogP contribution is -2.34. The minimum absolute atomic E-state index is 0.0653. The fourth-order valence-electron chi connectivity index (χ4n) is 4.03. The number of carbonyl (C=O) groups excluding carboxylic acids is 1. The number of ketones is 1. The topological polar surface area (TPSA) is 94.8 Å². The number of anilines is 1. The Morgan fingerprint density at radius 3 is 2.72 bits per heavy atom. The van der Waals surface area contributed by atoms with E-state index in [0.717, 1.165) is 11.1 Å². The average molecular weight is 504 g/mol. The minimum atomic E-state index is -0.520. The molecule has 0 aliphatic rings. The van der Waals surface area contributed by atoms with Crippen LogP contribution in [0.1, 0.15) is 33.2 Å². The highest BCUT2D eigenvalue weighted by Gasteiger charge is 2.28. The molecule has 0 fully saturated rings. The van der Waals surface area contributed by atoms with Crippen molar-refractivity contribution in [3.63, 3.8) is 0 Å². The molecular weight excluding hydrogens is 482 g/mol. The summed E-state index contributed by atoms with van der Waals surface area (Å²) in [6.07, 6.45) is 2.72. The summed E-state index contributed by atoms with van der Waals surface area (Å²) in [6, 6.07) is 13.9. The molecule has 4 rings (SSSR count). The lowest BCUT2D eigenvalue weighted by atomic mass is 9.97. The average Bonchev–Trinajstić information content (AvgIpc) is 3.39. The summed E-state index contributed by atoms with van der Waals surface area (Å²) in [5.74, 6) is -0.361. The van der Waals surface area contributed by atoms with E-state index in [1.807, 2.05) is 24.3 Å². The van der Waals surface area contributed by atoms with E-state index in [9.17, 15) is 9.59 Å². The van der Waals surface area contributed by atoms with Crippen LogP contribution < -0.4 is 15.2 Å². The van der Waals surface area contributed by atoms with E-state index in [1.165, 1.54) is 24.1 Å². The van der Waals surface area contributed by atoms with Gasteiger partial charge in [0.2, 0.25) is 11.7 Å². The van der Waals surface area contributed by atoms with E-state index in [4.69, 9.17) is 27.4 Å². The van der Waals surface area contributed by atoms with Crippen LogP contribution in [0.4, 0.5) is 11.6 Å². The maximum atomic E-state index is 13.2. The molecule has 0 amide bonds. The van der Waals surface area contributed by atoms with E-state index in [0.29, 0.717) is 16.3 Å². The van der Waals surface area contributed by atoms with Gasteiger partial charge in [-0.05, 0) is 17.2 Å². The zero-order chi connectivity index (χ0) is 25.8. The van der Waals surface area contributed by atoms with Gasteiger partial charge in [0.05, 0.1) is 25.9 Å². The van der Waals surface area contributed by atoms with Gasteiger partial charge in [0.1, 0.15) is 6.26 Å². The molecule has 2 heterocycles. The van der Waals surface area contributed by atoms with Crippen LogP contribution in [0.2, 0.25) is 5.02 Å². The Bertz CT molecular complexity index is 1510. The van der Waals surface area contributed by atoms with Crippen LogP contribution in [-0.4, -0.2) is 34.6 Å². The molecule has 9 nitrogen and oxygen atoms in total. The Balaban J connectivity index is 1.89. The normalized spacial score (nSPS) is 11.5. The molecule has 0 spiro atoms. The van der Waals surface area contributed by atoms with Gasteiger partial charge in [-0.3, -0.25) is 14.2 Å². The second-order valence-corrected chi connectivity index (χ2v) is 8.44. The molecule has 1 atom stereocenters. The SMILES string of the molecule is [C-]#[N+]c1cccc(C(c2ccccc2Cl)N(C)c2nc(C(=O)Cc3cnoc3)c(OC)c(=O)n2C)c1. The number of ether oxygens (including phenoxy) is 1. The van der Waals surface area contributed by atoms with Crippen LogP contribution in [0.3, 0.4) is 0 Å². The lowest BCUT2D eigenvalue weighted by molar-refractivity contribution is 0.0984. The van der Waals surface area contributed by atoms with E-state index >= 15 is 0 Å². The van der Waals surface area contributed by atoms with Crippen molar-refractivity contribution in [2.75, 3.05) is 19.1 Å². The number of halogens is 1. The Hall–Kier alpha value is -4.42. The van der Waals surface area contributed by atoms with Crippen LogP contribution in [-0.2, 0) is 13.5 Å². The number of aromatic nitrogens is 3. The second-order valence-electron chi connectivity index (χ2n) is 8.03. The standard InChI is InChI=1S/C26H22ClN5O4/c1-28-18-9-7-8-17(13-18)23(19-10-5-6-11-20(19)27)31(2)26-30-22(24(35-4)25(34)32(26)3)21(33)12-16-14-29-36-15-16/h5-11,13-15,23H,12H2,2-4H3. The molecule has 0 saturated carbocycles. The van der Waals surface area contributed by atoms with Gasteiger partial charge in [0, 0.05) is 31.1 Å². The van der Waals surface area contributed by atoms with Gasteiger partial charge >= 0.3 is 0 Å². The summed E-state index contributed by atoms with van der Waals surface area (Å²) in [5.41, 5.74) is 1.89. The molecule has 10 heteroatoms. The first-order chi connectivity index (χ1) is 17.3. The van der Waals surface area contributed by atoms with Crippen molar-refractivity contribution in [2.24, 2.45) is 7.05 Å². The third kappa shape index (κ3) is 4.72. The first-order valence-electron chi connectivity index (χ1n) is 10.9. The fourth-order valence-corrected chi connectivity index (χ4v) is 4.27. The van der Waals surface area contributed by atoms with E-state index in [1.54, 1.807) is 43.3 Å². The van der Waals surface area contributed by atoms with Crippen LogP contribution in [0, 0.1) is 6.57 Å². The summed E-state index contributed by atoms with van der Waals surface area (Å²) in [5, 5.41) is 4.12. The quantitative estimate of drug-likeness (QED) is 0.255. The van der Waals surface area contributed by atoms with Crippen molar-refractivity contribution >= 4 is 29.0 Å². The van der Waals surface area contributed by atoms with E-state index in [2.05, 4.69) is 15.0 Å². The van der Waals surface area contributed by atoms with Gasteiger partial charge in [0.15, 0.2) is 17.2 Å². The van der Waals surface area contributed by atoms with Gasteiger partial charge < -0.3 is 14.2 Å². The maximum absolute atomic E-state index is 13.2. The Morgan fingerprint density at radius 1 is 1.28 bits per heavy atom. The van der Waals surface area contributed by atoms with Crippen molar-refractivity contribution in [1.82, 2.24) is 14.7 Å². The molecule has 36 heavy (non-hydrogen) atoms. The van der Waals surface area contributed by atoms with Gasteiger partial charge in [-0.1, -0.05) is 59.2 Å². The van der Waals surface area contributed by atoms with Gasteiger partial charge in [-0.25, -0.2) is 9.83 Å². The summed E-state index contributed by atoms with van der Waals surface area (Å²) in [7, 11) is 4.62. The third-order valence-corrected chi connectivity index (χ3v) is 6.10. The number of benzene rings is 2. The number of nitrogens with zero attached hydrogens (tertiary/aromatic N) is 5. The molecule has 2 aromatic heterocycles. The monoisotopic (exact) mass is 503 g/mol. The highest BCUT2D eigenvalue weighted by Crippen LogP contribution is 2.36. The molecule has 0 N–H and O–H groups in total. The largest absolute Gasteiger partial charge is 0.489 e. The third-order valence-electron chi connectivity index (χ3n) is 5.76. The van der Waals surface area contributed by atoms with Crippen LogP contribution in [0.25, 0.3) is 4.85 Å². The molecule has 0 saturated heterocycles. The lowest BCUT2D eigenvalue weighted by Gasteiger charge is -2.32. The molecule has 182 valence electrons. The molecule has 1 unspecified atom stereocenters. The van der Waals surface area contributed by atoms with Crippen molar-refractivity contribution in [3.8, 4) is 5.75 Å². The van der Waals surface area contributed by atoms with Crippen LogP contribution in [0.5, 0.6) is 5.75 Å². The zero-order valence-corrected chi connectivity index (χ0v) is 20.6. The molecule has 0 bridgehead atoms. The van der Waals surface area contributed by atoms with Crippen molar-refractivity contribution < 1.29 is 14.1 Å². The fraction of sp³-hybridized carbons (Fsp3) is 0.192. The Labute approximate surface area is 212 Å². The van der Waals surface area contributed by atoms with Gasteiger partial charge in [-0.15, -0.1) is 0 Å². The molecular formula is C26H22ClN5O4. The maximum Gasteiger partial charge on any atom is 0.297 e. The predicted molar refractivity (Wildman–Crippen MR) is 135 cm³/mol. The summed E-state index contributed by atoms with van der Waals surface area (Å²) >= 11 is 6.59. The number of hydrogen-bond donors (Lipinski definition) is 0. The minimum Gasteiger partial charge on any atom is -0.489 e. The van der Waals surface area contributed by atoms with E-state index in [-0.39, 0.29) is 23.8 Å². The van der Waals surface area contributed by atoms with Crippen molar-refractivity contribution in [1.29, 1.82) is 0 Å². The molecule has 0 aliphatic heterocycles. The highest BCUT2D eigenvalue weighted by atomic mass is 35.5. The van der Waals surface area contributed by atoms with Crippen molar-refractivity contribution in [3.05, 3.63) is 110 Å². The Morgan fingerprint density at radius 2 is 2.06 bits per heavy atom. The van der Waals surface area contributed by atoms with Crippen LogP contribution in [0.15, 0.2) is 70.3 Å². The van der Waals surface area contributed by atoms with Gasteiger partial charge in [-0.2, -0.15) is 0 Å². The van der Waals surface area contributed by atoms with Crippen LogP contribution >= 0.6 is 11.6 Å². The number of carbonyl (C=O) groups is 1. The first kappa shape index (κ1) is 24.7. The second kappa shape index (κ2) is 10.5. The number of hydrogen-bond acceptors (Lipinski definition) is 7. The number of methoxy groups -OCH3 is 1. The molecule has 2 aromatic carbocycles. The summed E-state index contributed by atoms with van der Waals surface area (Å²) < 4.78 is 11.4. The number of Topliss-reactive ketones (excluding diaryl/α,β-unsaturated/α-hetero) is 1. The summed E-state index contributed by atoms with van der Waals surface area (Å²) in [4.78, 5) is 36.3. The predicted octanol–water partition coefficient (Wildman–Crippen LogP) is 4.63. The van der Waals surface area contributed by atoms with Crippen molar-refractivity contribution in [2.45, 2.75) is 12.5 Å². The number of rotatable bonds is 8. The van der Waals surface area contributed by atoms with Gasteiger partial charge in [0.25, 0.3) is 5.56 Å². The Kier molecular flexibility index (Phi) is 7.17. The summed E-state index contributed by atoms with van der Waals surface area (Å²) in [6.45, 7) is 7.43. The molecule has 0 aliphatic carbocycles. The zero-order valence-electron chi connectivity index (χ0n) is 19.8. The van der Waals surface area contributed by atoms with E-state index < -0.39 is 17.4 Å². The highest BCUT2D eigenvalue weighted by molar-refractivity contribution is 6.31.